The van der Waals surface area contributed by atoms with Crippen LogP contribution < -0.4 is 5.32 Å². The van der Waals surface area contributed by atoms with Crippen molar-refractivity contribution in [2.24, 2.45) is 7.05 Å². The van der Waals surface area contributed by atoms with Gasteiger partial charge in [-0.1, -0.05) is 0 Å². The Balaban J connectivity index is 2.14. The lowest BCUT2D eigenvalue weighted by atomic mass is 10.1. The van der Waals surface area contributed by atoms with E-state index in [1.165, 1.54) is 0 Å². The van der Waals surface area contributed by atoms with E-state index in [-0.39, 0.29) is 12.1 Å². The highest BCUT2D eigenvalue weighted by Gasteiger charge is 2.31. The second-order valence-corrected chi connectivity index (χ2v) is 4.23. The van der Waals surface area contributed by atoms with Crippen LogP contribution in [0.1, 0.15) is 31.6 Å². The first kappa shape index (κ1) is 10.6. The summed E-state index contributed by atoms with van der Waals surface area (Å²) in [5.74, 6) is 1.05. The molecule has 0 aliphatic carbocycles. The van der Waals surface area contributed by atoms with E-state index >= 15 is 0 Å². The molecule has 1 fully saturated rings. The molecule has 0 spiro atoms. The third kappa shape index (κ3) is 2.06. The van der Waals surface area contributed by atoms with E-state index < -0.39 is 0 Å². The van der Waals surface area contributed by atoms with Crippen LogP contribution in [0.5, 0.6) is 0 Å². The number of aryl methyl sites for hydroxylation is 1. The SMILES string of the molecule is CNC(c1nccn1C)C1CCC(C)O1. The van der Waals surface area contributed by atoms with E-state index in [0.717, 1.165) is 18.7 Å². The summed E-state index contributed by atoms with van der Waals surface area (Å²) in [6.45, 7) is 2.13. The monoisotopic (exact) mass is 209 g/mol. The number of likely N-dealkylation sites (N-methyl/N-ethyl adjacent to an activating group) is 1. The number of rotatable bonds is 3. The standard InChI is InChI=1S/C11H19N3O/c1-8-4-5-9(15-8)10(12-2)11-13-6-7-14(11)3/h6-10,12H,4-5H2,1-3H3. The summed E-state index contributed by atoms with van der Waals surface area (Å²) in [6, 6.07) is 0.204. The summed E-state index contributed by atoms with van der Waals surface area (Å²) in [5, 5.41) is 3.30. The Morgan fingerprint density at radius 2 is 2.40 bits per heavy atom. The minimum atomic E-state index is 0.204. The minimum absolute atomic E-state index is 0.204. The lowest BCUT2D eigenvalue weighted by Gasteiger charge is -2.22. The van der Waals surface area contributed by atoms with Crippen LogP contribution in [0.4, 0.5) is 0 Å². The zero-order valence-corrected chi connectivity index (χ0v) is 9.60. The maximum absolute atomic E-state index is 5.88. The van der Waals surface area contributed by atoms with Crippen molar-refractivity contribution in [3.8, 4) is 0 Å². The minimum Gasteiger partial charge on any atom is -0.373 e. The third-order valence-corrected chi connectivity index (χ3v) is 3.08. The summed E-state index contributed by atoms with van der Waals surface area (Å²) < 4.78 is 7.93. The van der Waals surface area contributed by atoms with Crippen molar-refractivity contribution < 1.29 is 4.74 Å². The molecule has 4 nitrogen and oxygen atoms in total. The second-order valence-electron chi connectivity index (χ2n) is 4.23. The van der Waals surface area contributed by atoms with Crippen LogP contribution in [0.2, 0.25) is 0 Å². The Hall–Kier alpha value is -0.870. The molecule has 3 atom stereocenters. The predicted octanol–water partition coefficient (Wildman–Crippen LogP) is 1.25. The highest BCUT2D eigenvalue weighted by molar-refractivity contribution is 5.02. The van der Waals surface area contributed by atoms with Gasteiger partial charge in [0.05, 0.1) is 18.2 Å². The van der Waals surface area contributed by atoms with E-state index in [2.05, 4.69) is 17.2 Å². The molecule has 2 rings (SSSR count). The molecule has 1 aromatic rings. The van der Waals surface area contributed by atoms with Gasteiger partial charge in [0.15, 0.2) is 0 Å². The average molecular weight is 209 g/mol. The van der Waals surface area contributed by atoms with Crippen LogP contribution >= 0.6 is 0 Å². The Morgan fingerprint density at radius 1 is 1.60 bits per heavy atom. The van der Waals surface area contributed by atoms with Gasteiger partial charge in [-0.05, 0) is 26.8 Å². The first-order valence-corrected chi connectivity index (χ1v) is 5.52. The first-order chi connectivity index (χ1) is 7.22. The number of hydrogen-bond donors (Lipinski definition) is 1. The van der Waals surface area contributed by atoms with E-state index in [1.807, 2.05) is 31.1 Å². The number of aromatic nitrogens is 2. The largest absolute Gasteiger partial charge is 0.373 e. The van der Waals surface area contributed by atoms with Crippen LogP contribution in [-0.4, -0.2) is 28.8 Å². The fraction of sp³-hybridized carbons (Fsp3) is 0.727. The fourth-order valence-electron chi connectivity index (χ4n) is 2.24. The van der Waals surface area contributed by atoms with Crippen LogP contribution in [0, 0.1) is 0 Å². The number of hydrogen-bond acceptors (Lipinski definition) is 3. The van der Waals surface area contributed by atoms with Gasteiger partial charge in [0, 0.05) is 19.4 Å². The summed E-state index contributed by atoms with van der Waals surface area (Å²) in [7, 11) is 3.98. The molecule has 1 aromatic heterocycles. The highest BCUT2D eigenvalue weighted by atomic mass is 16.5. The maximum Gasteiger partial charge on any atom is 0.128 e. The van der Waals surface area contributed by atoms with Crippen LogP contribution in [-0.2, 0) is 11.8 Å². The van der Waals surface area contributed by atoms with E-state index in [9.17, 15) is 0 Å². The summed E-state index contributed by atoms with van der Waals surface area (Å²) in [4.78, 5) is 4.38. The van der Waals surface area contributed by atoms with Gasteiger partial charge < -0.3 is 14.6 Å². The van der Waals surface area contributed by atoms with Gasteiger partial charge in [-0.25, -0.2) is 4.98 Å². The van der Waals surface area contributed by atoms with Crippen molar-refractivity contribution in [3.05, 3.63) is 18.2 Å². The topological polar surface area (TPSA) is 39.1 Å². The molecule has 4 heteroatoms. The molecular weight excluding hydrogens is 190 g/mol. The molecule has 1 saturated heterocycles. The van der Waals surface area contributed by atoms with Gasteiger partial charge in [-0.15, -0.1) is 0 Å². The van der Waals surface area contributed by atoms with Gasteiger partial charge in [0.1, 0.15) is 5.82 Å². The molecule has 1 N–H and O–H groups in total. The molecule has 1 aliphatic rings. The van der Waals surface area contributed by atoms with Crippen LogP contribution in [0.25, 0.3) is 0 Å². The summed E-state index contributed by atoms with van der Waals surface area (Å²) in [6.07, 6.45) is 6.69. The van der Waals surface area contributed by atoms with Gasteiger partial charge in [0.2, 0.25) is 0 Å². The molecule has 84 valence electrons. The zero-order chi connectivity index (χ0) is 10.8. The van der Waals surface area contributed by atoms with Crippen LogP contribution in [0.3, 0.4) is 0 Å². The summed E-state index contributed by atoms with van der Waals surface area (Å²) in [5.41, 5.74) is 0. The average Bonchev–Trinajstić information content (AvgIpc) is 2.79. The lowest BCUT2D eigenvalue weighted by Crippen LogP contribution is -2.31. The normalized spacial score (nSPS) is 28.2. The summed E-state index contributed by atoms with van der Waals surface area (Å²) >= 11 is 0. The van der Waals surface area contributed by atoms with Gasteiger partial charge >= 0.3 is 0 Å². The number of imidazole rings is 1. The molecule has 0 saturated carbocycles. The predicted molar refractivity (Wildman–Crippen MR) is 58.6 cm³/mol. The molecule has 0 aromatic carbocycles. The molecule has 1 aliphatic heterocycles. The molecule has 0 amide bonds. The number of nitrogens with zero attached hydrogens (tertiary/aromatic N) is 2. The molecule has 0 bridgehead atoms. The maximum atomic E-state index is 5.88. The van der Waals surface area contributed by atoms with Crippen molar-refractivity contribution in [3.63, 3.8) is 0 Å². The fourth-order valence-corrected chi connectivity index (χ4v) is 2.24. The number of ether oxygens (including phenoxy) is 1. The van der Waals surface area contributed by atoms with Crippen molar-refractivity contribution in [2.45, 2.75) is 38.0 Å². The Labute approximate surface area is 90.6 Å². The smallest absolute Gasteiger partial charge is 0.128 e. The first-order valence-electron chi connectivity index (χ1n) is 5.52. The Kier molecular flexibility index (Phi) is 3.07. The van der Waals surface area contributed by atoms with E-state index in [4.69, 9.17) is 4.74 Å². The highest BCUT2D eigenvalue weighted by Crippen LogP contribution is 2.28. The Morgan fingerprint density at radius 3 is 2.87 bits per heavy atom. The van der Waals surface area contributed by atoms with Gasteiger partial charge in [0.25, 0.3) is 0 Å². The van der Waals surface area contributed by atoms with Gasteiger partial charge in [-0.3, -0.25) is 0 Å². The van der Waals surface area contributed by atoms with E-state index in [1.54, 1.807) is 0 Å². The van der Waals surface area contributed by atoms with Gasteiger partial charge in [-0.2, -0.15) is 0 Å². The Bertz CT molecular complexity index is 323. The van der Waals surface area contributed by atoms with Crippen LogP contribution in [0.15, 0.2) is 12.4 Å². The zero-order valence-electron chi connectivity index (χ0n) is 9.60. The molecule has 0 radical (unpaired) electrons. The van der Waals surface area contributed by atoms with Crippen molar-refractivity contribution in [1.29, 1.82) is 0 Å². The van der Waals surface area contributed by atoms with Crippen molar-refractivity contribution in [2.75, 3.05) is 7.05 Å². The quantitative estimate of drug-likeness (QED) is 0.814. The van der Waals surface area contributed by atoms with E-state index in [0.29, 0.717) is 6.10 Å². The second kappa shape index (κ2) is 4.33. The number of nitrogens with one attached hydrogen (secondary N) is 1. The molecule has 2 heterocycles. The third-order valence-electron chi connectivity index (χ3n) is 3.08. The van der Waals surface area contributed by atoms with Crippen molar-refractivity contribution >= 4 is 0 Å². The molecule has 15 heavy (non-hydrogen) atoms. The molecule has 3 unspecified atom stereocenters. The van der Waals surface area contributed by atoms with Crippen molar-refractivity contribution in [1.82, 2.24) is 14.9 Å². The molecular formula is C11H19N3O. The lowest BCUT2D eigenvalue weighted by molar-refractivity contribution is 0.0308.